The van der Waals surface area contributed by atoms with Crippen LogP contribution < -0.4 is 10.6 Å². The van der Waals surface area contributed by atoms with Crippen molar-refractivity contribution in [2.24, 2.45) is 11.8 Å². The van der Waals surface area contributed by atoms with Crippen LogP contribution in [-0.2, 0) is 0 Å². The van der Waals surface area contributed by atoms with E-state index in [0.29, 0.717) is 12.1 Å². The molecule has 0 aromatic carbocycles. The molecule has 0 aromatic rings. The van der Waals surface area contributed by atoms with Gasteiger partial charge in [-0.05, 0) is 49.7 Å². The monoisotopic (exact) mass is 226 g/mol. The molecule has 2 aliphatic rings. The fourth-order valence-electron chi connectivity index (χ4n) is 2.57. The average Bonchev–Trinajstić information content (AvgIpc) is 2.95. The van der Waals surface area contributed by atoms with Crippen molar-refractivity contribution in [3.63, 3.8) is 0 Å². The first-order chi connectivity index (χ1) is 7.16. The van der Waals surface area contributed by atoms with Gasteiger partial charge in [-0.1, -0.05) is 20.3 Å². The molecular formula is C12H22N2S. The Kier molecular flexibility index (Phi) is 3.49. The van der Waals surface area contributed by atoms with Gasteiger partial charge in [0.2, 0.25) is 0 Å². The molecule has 0 spiro atoms. The third-order valence-electron chi connectivity index (χ3n) is 3.76. The molecule has 15 heavy (non-hydrogen) atoms. The lowest BCUT2D eigenvalue weighted by molar-refractivity contribution is 0.231. The average molecular weight is 226 g/mol. The Balaban J connectivity index is 1.81. The molecule has 0 bridgehead atoms. The van der Waals surface area contributed by atoms with Gasteiger partial charge in [-0.15, -0.1) is 0 Å². The Morgan fingerprint density at radius 2 is 1.60 bits per heavy atom. The molecule has 3 heteroatoms. The summed E-state index contributed by atoms with van der Waals surface area (Å²) in [6.07, 6.45) is 6.64. The second-order valence-corrected chi connectivity index (χ2v) is 5.71. The molecule has 86 valence electrons. The van der Waals surface area contributed by atoms with Gasteiger partial charge >= 0.3 is 0 Å². The summed E-state index contributed by atoms with van der Waals surface area (Å²) in [4.78, 5) is 0. The molecule has 0 aromatic heterocycles. The maximum absolute atomic E-state index is 5.33. The minimum absolute atomic E-state index is 0.581. The van der Waals surface area contributed by atoms with Crippen LogP contribution in [0.4, 0.5) is 0 Å². The summed E-state index contributed by atoms with van der Waals surface area (Å²) < 4.78 is 0. The maximum Gasteiger partial charge on any atom is 0.166 e. The van der Waals surface area contributed by atoms with E-state index < -0.39 is 0 Å². The van der Waals surface area contributed by atoms with E-state index in [0.717, 1.165) is 16.9 Å². The lowest BCUT2D eigenvalue weighted by Crippen LogP contribution is -2.49. The van der Waals surface area contributed by atoms with E-state index in [1.807, 2.05) is 0 Å². The Morgan fingerprint density at radius 3 is 2.13 bits per heavy atom. The first kappa shape index (κ1) is 11.2. The molecule has 2 aliphatic carbocycles. The highest BCUT2D eigenvalue weighted by molar-refractivity contribution is 7.80. The van der Waals surface area contributed by atoms with Gasteiger partial charge < -0.3 is 10.6 Å². The molecule has 2 unspecified atom stereocenters. The van der Waals surface area contributed by atoms with Crippen molar-refractivity contribution < 1.29 is 0 Å². The van der Waals surface area contributed by atoms with Crippen molar-refractivity contribution in [3.05, 3.63) is 0 Å². The highest BCUT2D eigenvalue weighted by Crippen LogP contribution is 2.28. The van der Waals surface area contributed by atoms with Gasteiger partial charge in [0.1, 0.15) is 0 Å². The minimum Gasteiger partial charge on any atom is -0.360 e. The van der Waals surface area contributed by atoms with Crippen LogP contribution in [0.15, 0.2) is 0 Å². The Bertz CT molecular complexity index is 228. The SMILES string of the molecule is CC1CCCC(C)C1NC(=S)NC1CC1. The van der Waals surface area contributed by atoms with Crippen molar-refractivity contribution >= 4 is 17.3 Å². The maximum atomic E-state index is 5.33. The van der Waals surface area contributed by atoms with Crippen LogP contribution in [0.25, 0.3) is 0 Å². The standard InChI is InChI=1S/C12H22N2S/c1-8-4-3-5-9(2)11(8)14-12(15)13-10-6-7-10/h8-11H,3-7H2,1-2H3,(H2,13,14,15). The zero-order chi connectivity index (χ0) is 10.8. The van der Waals surface area contributed by atoms with E-state index in [1.54, 1.807) is 0 Å². The van der Waals surface area contributed by atoms with Gasteiger partial charge in [-0.3, -0.25) is 0 Å². The largest absolute Gasteiger partial charge is 0.360 e. The Labute approximate surface area is 98.2 Å². The quantitative estimate of drug-likeness (QED) is 0.707. The molecule has 0 saturated heterocycles. The third kappa shape index (κ3) is 3.07. The lowest BCUT2D eigenvalue weighted by atomic mass is 9.79. The van der Waals surface area contributed by atoms with Crippen molar-refractivity contribution in [2.45, 2.75) is 58.0 Å². The molecule has 0 radical (unpaired) electrons. The van der Waals surface area contributed by atoms with Crippen LogP contribution in [0.2, 0.25) is 0 Å². The van der Waals surface area contributed by atoms with Gasteiger partial charge in [0.25, 0.3) is 0 Å². The van der Waals surface area contributed by atoms with E-state index in [2.05, 4.69) is 24.5 Å². The van der Waals surface area contributed by atoms with E-state index in [1.165, 1.54) is 32.1 Å². The van der Waals surface area contributed by atoms with Gasteiger partial charge in [-0.2, -0.15) is 0 Å². The second kappa shape index (κ2) is 4.69. The topological polar surface area (TPSA) is 24.1 Å². The molecule has 2 atom stereocenters. The van der Waals surface area contributed by atoms with Crippen LogP contribution >= 0.6 is 12.2 Å². The summed E-state index contributed by atoms with van der Waals surface area (Å²) in [7, 11) is 0. The van der Waals surface area contributed by atoms with E-state index >= 15 is 0 Å². The van der Waals surface area contributed by atoms with Crippen LogP contribution in [0.1, 0.15) is 46.0 Å². The molecule has 0 amide bonds. The van der Waals surface area contributed by atoms with Crippen molar-refractivity contribution in [1.82, 2.24) is 10.6 Å². The van der Waals surface area contributed by atoms with E-state index in [9.17, 15) is 0 Å². The smallest absolute Gasteiger partial charge is 0.166 e. The van der Waals surface area contributed by atoms with Gasteiger partial charge in [-0.25, -0.2) is 0 Å². The minimum atomic E-state index is 0.581. The molecule has 2 saturated carbocycles. The summed E-state index contributed by atoms with van der Waals surface area (Å²) in [5, 5.41) is 7.75. The molecule has 2 N–H and O–H groups in total. The van der Waals surface area contributed by atoms with Crippen molar-refractivity contribution in [1.29, 1.82) is 0 Å². The van der Waals surface area contributed by atoms with Gasteiger partial charge in [0.15, 0.2) is 5.11 Å². The summed E-state index contributed by atoms with van der Waals surface area (Å²) in [5.41, 5.74) is 0. The highest BCUT2D eigenvalue weighted by Gasteiger charge is 2.29. The normalized spacial score (nSPS) is 36.0. The van der Waals surface area contributed by atoms with Gasteiger partial charge in [0.05, 0.1) is 0 Å². The summed E-state index contributed by atoms with van der Waals surface area (Å²) in [6.45, 7) is 4.68. The zero-order valence-electron chi connectivity index (χ0n) is 9.75. The number of hydrogen-bond acceptors (Lipinski definition) is 1. The number of thiocarbonyl (C=S) groups is 1. The molecular weight excluding hydrogens is 204 g/mol. The first-order valence-electron chi connectivity index (χ1n) is 6.24. The Morgan fingerprint density at radius 1 is 1.00 bits per heavy atom. The first-order valence-corrected chi connectivity index (χ1v) is 6.64. The number of rotatable bonds is 2. The van der Waals surface area contributed by atoms with E-state index in [4.69, 9.17) is 12.2 Å². The summed E-state index contributed by atoms with van der Waals surface area (Å²) >= 11 is 5.33. The predicted octanol–water partition coefficient (Wildman–Crippen LogP) is 2.44. The van der Waals surface area contributed by atoms with Crippen LogP contribution in [0.3, 0.4) is 0 Å². The molecule has 2 fully saturated rings. The zero-order valence-corrected chi connectivity index (χ0v) is 10.6. The molecule has 2 rings (SSSR count). The van der Waals surface area contributed by atoms with E-state index in [-0.39, 0.29) is 0 Å². The summed E-state index contributed by atoms with van der Waals surface area (Å²) in [5.74, 6) is 1.51. The number of hydrogen-bond donors (Lipinski definition) is 2. The predicted molar refractivity (Wildman–Crippen MR) is 67.9 cm³/mol. The van der Waals surface area contributed by atoms with Crippen LogP contribution in [0, 0.1) is 11.8 Å². The molecule has 0 heterocycles. The fraction of sp³-hybridized carbons (Fsp3) is 0.917. The fourth-order valence-corrected chi connectivity index (χ4v) is 2.88. The van der Waals surface area contributed by atoms with Crippen LogP contribution in [-0.4, -0.2) is 17.2 Å². The second-order valence-electron chi connectivity index (χ2n) is 5.30. The Hall–Kier alpha value is -0.310. The highest BCUT2D eigenvalue weighted by atomic mass is 32.1. The van der Waals surface area contributed by atoms with Crippen molar-refractivity contribution in [3.8, 4) is 0 Å². The molecule has 2 nitrogen and oxygen atoms in total. The molecule has 0 aliphatic heterocycles. The summed E-state index contributed by atoms with van der Waals surface area (Å²) in [6, 6.07) is 1.25. The van der Waals surface area contributed by atoms with Crippen LogP contribution in [0.5, 0.6) is 0 Å². The van der Waals surface area contributed by atoms with Gasteiger partial charge in [0, 0.05) is 12.1 Å². The van der Waals surface area contributed by atoms with Crippen molar-refractivity contribution in [2.75, 3.05) is 0 Å². The lowest BCUT2D eigenvalue weighted by Gasteiger charge is -2.36. The third-order valence-corrected chi connectivity index (χ3v) is 3.99. The number of nitrogens with one attached hydrogen (secondary N) is 2.